The van der Waals surface area contributed by atoms with E-state index in [9.17, 15) is 0 Å². The van der Waals surface area contributed by atoms with Crippen molar-refractivity contribution < 1.29 is 9.47 Å². The molecule has 0 unspecified atom stereocenters. The maximum Gasteiger partial charge on any atom is 0.161 e. The average molecular weight is 1500 g/mol. The molecule has 2 nitrogen and oxygen atoms in total. The summed E-state index contributed by atoms with van der Waals surface area (Å²) < 4.78 is 12.2. The van der Waals surface area contributed by atoms with Crippen LogP contribution >= 0.6 is 0 Å². The summed E-state index contributed by atoms with van der Waals surface area (Å²) in [5.41, 5.74) is 10.1. The largest absolute Gasteiger partial charge is 0.493 e. The molecule has 0 N–H and O–H groups in total. The molecule has 0 radical (unpaired) electrons. The Morgan fingerprint density at radius 3 is 0.509 bits per heavy atom. The van der Waals surface area contributed by atoms with Crippen LogP contribution in [-0.2, 0) is 32.1 Å². The molecule has 0 bridgehead atoms. The van der Waals surface area contributed by atoms with Gasteiger partial charge in [0, 0.05) is 0 Å². The quantitative estimate of drug-likeness (QED) is 0.0215. The van der Waals surface area contributed by atoms with Gasteiger partial charge in [-0.15, -0.1) is 0 Å². The second kappa shape index (κ2) is 41.3. The number of hydrogen-bond acceptors (Lipinski definition) is 2. The second-order valence-electron chi connectivity index (χ2n) is 36.3. The van der Waals surface area contributed by atoms with Crippen molar-refractivity contribution in [2.75, 3.05) is 14.2 Å². The van der Waals surface area contributed by atoms with Gasteiger partial charge >= 0.3 is 0 Å². The summed E-state index contributed by atoms with van der Waals surface area (Å²) in [6.45, 7) is 11.7. The highest BCUT2D eigenvalue weighted by Crippen LogP contribution is 2.61. The third kappa shape index (κ3) is 18.4. The first-order chi connectivity index (χ1) is 55.4. The lowest BCUT2D eigenvalue weighted by Crippen LogP contribution is -2.03. The van der Waals surface area contributed by atoms with Crippen LogP contribution in [0, 0.1) is 0 Å². The van der Waals surface area contributed by atoms with Crippen LogP contribution in [0.2, 0.25) is 0 Å². The van der Waals surface area contributed by atoms with Crippen LogP contribution in [0.15, 0.2) is 91.0 Å². The third-order valence-corrected chi connectivity index (χ3v) is 27.7. The molecule has 0 aliphatic rings. The Bertz CT molecular complexity index is 4880. The van der Waals surface area contributed by atoms with E-state index in [2.05, 4.69) is 126 Å². The zero-order chi connectivity index (χ0) is 77.0. The second-order valence-corrected chi connectivity index (χ2v) is 36.3. The lowest BCUT2D eigenvalue weighted by molar-refractivity contribution is 0.355. The number of aryl methyl sites for hydroxylation is 5. The zero-order valence-corrected chi connectivity index (χ0v) is 71.9. The van der Waals surface area contributed by atoms with Gasteiger partial charge in [0.1, 0.15) is 0 Å². The summed E-state index contributed by atoms with van der Waals surface area (Å²) in [6.07, 6.45) is 73.4. The Morgan fingerprint density at radius 1 is 0.161 bits per heavy atom. The summed E-state index contributed by atoms with van der Waals surface area (Å²) in [4.78, 5) is 0. The van der Waals surface area contributed by atoms with Crippen molar-refractivity contribution in [2.24, 2.45) is 0 Å². The van der Waals surface area contributed by atoms with Crippen LogP contribution < -0.4 is 9.47 Å². The predicted molar refractivity (Wildman–Crippen MR) is 500 cm³/mol. The number of ether oxygens (including phenoxy) is 2. The molecule has 0 heterocycles. The first-order valence-corrected chi connectivity index (χ1v) is 47.9. The Balaban J connectivity index is 1.01. The van der Waals surface area contributed by atoms with E-state index in [0.29, 0.717) is 0 Å². The Kier molecular flexibility index (Phi) is 30.2. The lowest BCUT2D eigenvalue weighted by Gasteiger charge is -2.30. The van der Waals surface area contributed by atoms with Gasteiger partial charge in [-0.2, -0.15) is 0 Å². The Morgan fingerprint density at radius 2 is 0.330 bits per heavy atom. The van der Waals surface area contributed by atoms with E-state index in [-0.39, 0.29) is 0 Å². The van der Waals surface area contributed by atoms with E-state index in [0.717, 1.165) is 43.6 Å². The number of benzene rings is 14. The van der Waals surface area contributed by atoms with Crippen LogP contribution in [0.5, 0.6) is 11.5 Å². The highest BCUT2D eigenvalue weighted by molar-refractivity contribution is 6.61. The van der Waals surface area contributed by atoms with E-state index in [4.69, 9.17) is 9.47 Å². The van der Waals surface area contributed by atoms with Gasteiger partial charge in [0.25, 0.3) is 0 Å². The van der Waals surface area contributed by atoms with Gasteiger partial charge in [-0.1, -0.05) is 390 Å². The molecule has 0 aliphatic heterocycles. The van der Waals surface area contributed by atoms with Crippen molar-refractivity contribution in [3.63, 3.8) is 0 Å². The molecule has 0 spiro atoms. The van der Waals surface area contributed by atoms with Gasteiger partial charge in [0.2, 0.25) is 0 Å². The van der Waals surface area contributed by atoms with Gasteiger partial charge in [0.15, 0.2) is 11.5 Å². The molecule has 2 heteroatoms. The van der Waals surface area contributed by atoms with Gasteiger partial charge in [-0.3, -0.25) is 0 Å². The monoisotopic (exact) mass is 1500 g/mol. The molecule has 0 amide bonds. The van der Waals surface area contributed by atoms with Crippen LogP contribution in [0.25, 0.3) is 140 Å². The van der Waals surface area contributed by atoms with E-state index < -0.39 is 0 Å². The van der Waals surface area contributed by atoms with E-state index in [1.165, 1.54) is 451 Å². The van der Waals surface area contributed by atoms with Gasteiger partial charge in [-0.05, 0) is 257 Å². The molecule has 0 atom stereocenters. The molecule has 14 aromatic rings. The SMILES string of the molecule is CCCCCCCCCCCCc1cc2c3cc(CCCCCCCCCCCC)cc4c5cc(CCCCCCCCCCCC)cc6c7cc(-c8ccc(OC)c(OC)c8)cc8c9cc(CCCCCCCCCCCC)cc%10c%11cc(CCCCCCCCCCCC)cc%12c(c1)c2c1c(c34)c(c56)c(c78)c(c%109)c1c%12%11. The topological polar surface area (TPSA) is 18.5 Å². The van der Waals surface area contributed by atoms with Crippen molar-refractivity contribution >= 4 is 129 Å². The molecule has 112 heavy (non-hydrogen) atoms. The minimum Gasteiger partial charge on any atom is -0.493 e. The van der Waals surface area contributed by atoms with Crippen LogP contribution in [0.4, 0.5) is 0 Å². The molecule has 598 valence electrons. The lowest BCUT2D eigenvalue weighted by atomic mass is 9.72. The van der Waals surface area contributed by atoms with Crippen LogP contribution in [0.1, 0.15) is 383 Å². The Hall–Kier alpha value is -6.64. The van der Waals surface area contributed by atoms with Crippen molar-refractivity contribution in [1.82, 2.24) is 0 Å². The molecule has 0 fully saturated rings. The fraction of sp³-hybridized carbons (Fsp3) is 0.564. The predicted octanol–water partition coefficient (Wildman–Crippen LogP) is 36.2. The summed E-state index contributed by atoms with van der Waals surface area (Å²) in [7, 11) is 3.58. The minimum absolute atomic E-state index is 0.775. The van der Waals surface area contributed by atoms with E-state index in [1.807, 2.05) is 0 Å². The van der Waals surface area contributed by atoms with Crippen LogP contribution in [-0.4, -0.2) is 14.2 Å². The van der Waals surface area contributed by atoms with Crippen molar-refractivity contribution in [2.45, 2.75) is 388 Å². The van der Waals surface area contributed by atoms with Gasteiger partial charge < -0.3 is 9.47 Å². The van der Waals surface area contributed by atoms with Crippen molar-refractivity contribution in [1.29, 1.82) is 0 Å². The zero-order valence-electron chi connectivity index (χ0n) is 71.9. The molecule has 0 saturated heterocycles. The van der Waals surface area contributed by atoms with Crippen LogP contribution in [0.3, 0.4) is 0 Å². The first-order valence-electron chi connectivity index (χ1n) is 47.9. The number of hydrogen-bond donors (Lipinski definition) is 0. The summed E-state index contributed by atoms with van der Waals surface area (Å²) in [5, 5.41) is 36.2. The molecular weight excluding hydrogens is 1350 g/mol. The fourth-order valence-electron chi connectivity index (χ4n) is 21.6. The molecule has 14 aromatic carbocycles. The van der Waals surface area contributed by atoms with Gasteiger partial charge in [-0.25, -0.2) is 0 Å². The highest BCUT2D eigenvalue weighted by Gasteiger charge is 2.33. The van der Waals surface area contributed by atoms with Crippen molar-refractivity contribution in [3.8, 4) is 22.6 Å². The molecular formula is C110H146O2. The maximum atomic E-state index is 6.21. The van der Waals surface area contributed by atoms with E-state index >= 15 is 0 Å². The fourth-order valence-corrected chi connectivity index (χ4v) is 21.6. The standard InChI is InChI=1S/C110H146O2/c1-8-13-18-23-28-33-38-43-48-53-58-78-65-85-87-67-79(59-54-49-44-39-34-29-24-19-14-9-2)69-89-91-71-81(61-56-51-46-41-36-31-26-21-16-11-4)73-93-95-75-84(83-63-64-97(111-6)98(77-83)112-7)76-96-94-74-82(62-57-52-47-42-37-32-27-22-17-12-5)72-92-90-70-80(60-55-50-45-40-35-30-25-20-15-10-3)68-88-86(66-78)99(85)105-106(100(87)89)108(102(91)93)110(104(95)96)109(103(92)94)107(105)101(88)90/h63-77H,8-62H2,1-7H3. The smallest absolute Gasteiger partial charge is 0.161 e. The molecule has 0 aromatic heterocycles. The van der Waals surface area contributed by atoms with E-state index in [1.54, 1.807) is 52.5 Å². The summed E-state index contributed by atoms with van der Waals surface area (Å²) >= 11 is 0. The normalized spacial score (nSPS) is 12.6. The molecule has 14 rings (SSSR count). The third-order valence-electron chi connectivity index (χ3n) is 27.7. The maximum absolute atomic E-state index is 6.21. The van der Waals surface area contributed by atoms with Gasteiger partial charge in [0.05, 0.1) is 14.2 Å². The Labute approximate surface area is 677 Å². The number of rotatable bonds is 58. The van der Waals surface area contributed by atoms with Crippen molar-refractivity contribution in [3.05, 3.63) is 119 Å². The first kappa shape index (κ1) is 81.9. The molecule has 0 saturated carbocycles. The summed E-state index contributed by atoms with van der Waals surface area (Å²) in [6, 6.07) is 39.7. The molecule has 0 aliphatic carbocycles. The minimum atomic E-state index is 0.775. The number of unbranched alkanes of at least 4 members (excludes halogenated alkanes) is 45. The number of methoxy groups -OCH3 is 2. The summed E-state index contributed by atoms with van der Waals surface area (Å²) in [5.74, 6) is 1.56. The number of fused-ring (bicyclic) bond motifs is 6. The average Bonchev–Trinajstić information content (AvgIpc) is 0.642. The highest BCUT2D eigenvalue weighted by atomic mass is 16.5.